The van der Waals surface area contributed by atoms with Crippen molar-refractivity contribution < 1.29 is 14.3 Å². The fraction of sp³-hybridized carbons (Fsp3) is 0.148. The van der Waals surface area contributed by atoms with Gasteiger partial charge in [-0.3, -0.25) is 14.2 Å². The van der Waals surface area contributed by atoms with E-state index in [0.29, 0.717) is 33.7 Å². The van der Waals surface area contributed by atoms with Crippen molar-refractivity contribution in [3.63, 3.8) is 0 Å². The Morgan fingerprint density at radius 3 is 2.50 bits per heavy atom. The van der Waals surface area contributed by atoms with Gasteiger partial charge in [-0.2, -0.15) is 0 Å². The van der Waals surface area contributed by atoms with Gasteiger partial charge in [0.25, 0.3) is 11.5 Å². The smallest absolute Gasteiger partial charge is 0.278 e. The molecule has 9 heteroatoms. The molecule has 3 N–H and O–H groups in total. The van der Waals surface area contributed by atoms with Crippen molar-refractivity contribution in [2.24, 2.45) is 0 Å². The van der Waals surface area contributed by atoms with Crippen molar-refractivity contribution in [2.75, 3.05) is 14.2 Å². The molecular formula is C27H24N4O4S. The summed E-state index contributed by atoms with van der Waals surface area (Å²) in [5, 5.41) is 3.75. The molecule has 3 aromatic carbocycles. The number of nitrogens with one attached hydrogen (secondary N) is 3. The van der Waals surface area contributed by atoms with Crippen molar-refractivity contribution >= 4 is 40.1 Å². The molecule has 0 bridgehead atoms. The van der Waals surface area contributed by atoms with Gasteiger partial charge in [-0.05, 0) is 54.2 Å². The van der Waals surface area contributed by atoms with Gasteiger partial charge in [0, 0.05) is 28.6 Å². The number of rotatable bonds is 7. The molecule has 5 aromatic rings. The molecule has 0 radical (unpaired) electrons. The summed E-state index contributed by atoms with van der Waals surface area (Å²) < 4.78 is 12.5. The van der Waals surface area contributed by atoms with Crippen molar-refractivity contribution in [3.8, 4) is 11.5 Å². The third-order valence-electron chi connectivity index (χ3n) is 6.13. The van der Waals surface area contributed by atoms with Crippen LogP contribution in [0.3, 0.4) is 0 Å². The van der Waals surface area contributed by atoms with Crippen LogP contribution in [0.2, 0.25) is 0 Å². The summed E-state index contributed by atoms with van der Waals surface area (Å²) in [5.41, 5.74) is 3.94. The van der Waals surface area contributed by atoms with E-state index in [1.54, 1.807) is 26.4 Å². The number of para-hydroxylation sites is 1. The molecular weight excluding hydrogens is 476 g/mol. The molecule has 0 atom stereocenters. The van der Waals surface area contributed by atoms with Crippen LogP contribution in [-0.4, -0.2) is 34.7 Å². The van der Waals surface area contributed by atoms with Crippen molar-refractivity contribution in [2.45, 2.75) is 13.1 Å². The van der Waals surface area contributed by atoms with Gasteiger partial charge >= 0.3 is 0 Å². The number of H-pyrrole nitrogens is 2. The second-order valence-electron chi connectivity index (χ2n) is 8.30. The second kappa shape index (κ2) is 9.71. The average molecular weight is 501 g/mol. The van der Waals surface area contributed by atoms with Crippen LogP contribution in [0.5, 0.6) is 11.5 Å². The molecule has 0 aliphatic carbocycles. The Kier molecular flexibility index (Phi) is 6.30. The zero-order valence-electron chi connectivity index (χ0n) is 19.8. The fourth-order valence-corrected chi connectivity index (χ4v) is 4.45. The molecule has 36 heavy (non-hydrogen) atoms. The number of aromatic nitrogens is 3. The topological polar surface area (TPSA) is 101 Å². The first-order chi connectivity index (χ1) is 17.5. The number of carbonyl (C=O) groups is 1. The summed E-state index contributed by atoms with van der Waals surface area (Å²) in [6.07, 6.45) is 0. The van der Waals surface area contributed by atoms with Crippen LogP contribution in [0.25, 0.3) is 21.9 Å². The lowest BCUT2D eigenvalue weighted by Crippen LogP contribution is -2.24. The predicted octanol–water partition coefficient (Wildman–Crippen LogP) is 4.54. The summed E-state index contributed by atoms with van der Waals surface area (Å²) in [7, 11) is 3.20. The molecule has 1 amide bonds. The van der Waals surface area contributed by atoms with E-state index in [1.165, 1.54) is 4.57 Å². The molecule has 0 saturated heterocycles. The maximum Gasteiger partial charge on any atom is 0.278 e. The van der Waals surface area contributed by atoms with Gasteiger partial charge in [0.1, 0.15) is 17.0 Å². The van der Waals surface area contributed by atoms with E-state index < -0.39 is 0 Å². The number of hydrogen-bond donors (Lipinski definition) is 3. The highest BCUT2D eigenvalue weighted by molar-refractivity contribution is 7.71. The molecule has 5 rings (SSSR count). The zero-order valence-corrected chi connectivity index (χ0v) is 20.6. The number of amides is 1. The minimum absolute atomic E-state index is 0.197. The quantitative estimate of drug-likeness (QED) is 0.285. The zero-order chi connectivity index (χ0) is 25.2. The first-order valence-electron chi connectivity index (χ1n) is 11.3. The molecule has 8 nitrogen and oxygen atoms in total. The first kappa shape index (κ1) is 23.4. The largest absolute Gasteiger partial charge is 0.497 e. The van der Waals surface area contributed by atoms with Gasteiger partial charge < -0.3 is 24.8 Å². The predicted molar refractivity (Wildman–Crippen MR) is 142 cm³/mol. The molecule has 0 fully saturated rings. The number of benzene rings is 3. The lowest BCUT2D eigenvalue weighted by molar-refractivity contribution is 0.0950. The fourth-order valence-electron chi connectivity index (χ4n) is 4.20. The first-order valence-corrected chi connectivity index (χ1v) is 11.7. The highest BCUT2D eigenvalue weighted by Crippen LogP contribution is 2.26. The third kappa shape index (κ3) is 4.36. The molecule has 182 valence electrons. The Labute approximate surface area is 211 Å². The van der Waals surface area contributed by atoms with Crippen molar-refractivity contribution in [1.29, 1.82) is 0 Å². The Morgan fingerprint density at radius 1 is 0.972 bits per heavy atom. The standard InChI is InChI=1S/C27H24N4O4S/c1-34-19-11-12-21-20(13-19)23-24(29-21)26(33)31(27(36)30-23)15-16-7-9-17(10-8-16)25(32)28-14-18-5-3-4-6-22(18)35-2/h3-13,29H,14-15H2,1-2H3,(H,28,32)(H,30,36). The average Bonchev–Trinajstić information content (AvgIpc) is 3.27. The van der Waals surface area contributed by atoms with E-state index in [-0.39, 0.29) is 18.0 Å². The number of nitrogens with zero attached hydrogens (tertiary/aromatic N) is 1. The van der Waals surface area contributed by atoms with Gasteiger partial charge in [-0.15, -0.1) is 0 Å². The number of fused-ring (bicyclic) bond motifs is 3. The monoisotopic (exact) mass is 500 g/mol. The maximum absolute atomic E-state index is 13.3. The highest BCUT2D eigenvalue weighted by atomic mass is 32.1. The van der Waals surface area contributed by atoms with Gasteiger partial charge in [-0.1, -0.05) is 30.3 Å². The van der Waals surface area contributed by atoms with Gasteiger partial charge in [0.15, 0.2) is 4.77 Å². The lowest BCUT2D eigenvalue weighted by atomic mass is 10.1. The van der Waals surface area contributed by atoms with Gasteiger partial charge in [0.2, 0.25) is 0 Å². The second-order valence-corrected chi connectivity index (χ2v) is 8.69. The van der Waals surface area contributed by atoms with E-state index in [2.05, 4.69) is 15.3 Å². The molecule has 0 spiro atoms. The van der Waals surface area contributed by atoms with Crippen LogP contribution in [0.15, 0.2) is 71.5 Å². The summed E-state index contributed by atoms with van der Waals surface area (Å²) in [6, 6.07) is 20.2. The molecule has 2 aromatic heterocycles. The number of hydrogen-bond acceptors (Lipinski definition) is 5. The lowest BCUT2D eigenvalue weighted by Gasteiger charge is -2.10. The van der Waals surface area contributed by atoms with E-state index in [9.17, 15) is 9.59 Å². The number of aromatic amines is 2. The van der Waals surface area contributed by atoms with Crippen molar-refractivity contribution in [1.82, 2.24) is 19.9 Å². The highest BCUT2D eigenvalue weighted by Gasteiger charge is 2.13. The normalized spacial score (nSPS) is 11.1. The minimum Gasteiger partial charge on any atom is -0.497 e. The van der Waals surface area contributed by atoms with Crippen LogP contribution >= 0.6 is 12.2 Å². The minimum atomic E-state index is -0.220. The van der Waals surface area contributed by atoms with Crippen LogP contribution in [0.4, 0.5) is 0 Å². The molecule has 0 aliphatic rings. The summed E-state index contributed by atoms with van der Waals surface area (Å²) in [5.74, 6) is 1.22. The Morgan fingerprint density at radius 2 is 1.75 bits per heavy atom. The van der Waals surface area contributed by atoms with Crippen LogP contribution in [0, 0.1) is 4.77 Å². The SMILES string of the molecule is COc1ccc2[nH]c3c(=O)n(Cc4ccc(C(=O)NCc5ccccc5OC)cc4)c(=S)[nH]c3c2c1. The number of carbonyl (C=O) groups excluding carboxylic acids is 1. The summed E-state index contributed by atoms with van der Waals surface area (Å²) >= 11 is 5.51. The number of ether oxygens (including phenoxy) is 2. The molecule has 0 saturated carbocycles. The van der Waals surface area contributed by atoms with Gasteiger partial charge in [0.05, 0.1) is 26.3 Å². The molecule has 2 heterocycles. The Balaban J connectivity index is 1.36. The van der Waals surface area contributed by atoms with E-state index >= 15 is 0 Å². The van der Waals surface area contributed by atoms with E-state index in [0.717, 1.165) is 27.8 Å². The Hall–Kier alpha value is -4.37. The number of methoxy groups -OCH3 is 2. The molecule has 0 unspecified atom stereocenters. The van der Waals surface area contributed by atoms with E-state index in [1.807, 2.05) is 54.6 Å². The van der Waals surface area contributed by atoms with Crippen LogP contribution in [0.1, 0.15) is 21.5 Å². The maximum atomic E-state index is 13.3. The van der Waals surface area contributed by atoms with Crippen LogP contribution in [-0.2, 0) is 13.1 Å². The van der Waals surface area contributed by atoms with E-state index in [4.69, 9.17) is 21.7 Å². The molecule has 0 aliphatic heterocycles. The summed E-state index contributed by atoms with van der Waals surface area (Å²) in [6.45, 7) is 0.622. The van der Waals surface area contributed by atoms with Gasteiger partial charge in [-0.25, -0.2) is 0 Å². The Bertz CT molecular complexity index is 1700. The van der Waals surface area contributed by atoms with Crippen LogP contribution < -0.4 is 20.3 Å². The third-order valence-corrected chi connectivity index (χ3v) is 6.45. The summed E-state index contributed by atoms with van der Waals surface area (Å²) in [4.78, 5) is 32.3. The van der Waals surface area contributed by atoms with Crippen molar-refractivity contribution in [3.05, 3.63) is 98.5 Å².